The van der Waals surface area contributed by atoms with Crippen molar-refractivity contribution in [1.82, 2.24) is 0 Å². The zero-order chi connectivity index (χ0) is 14.7. The molecule has 0 saturated carbocycles. The van der Waals surface area contributed by atoms with E-state index in [1.165, 1.54) is 0 Å². The van der Waals surface area contributed by atoms with Crippen LogP contribution in [-0.4, -0.2) is 31.0 Å². The van der Waals surface area contributed by atoms with E-state index in [-0.39, 0.29) is 18.6 Å². The zero-order valence-corrected chi connectivity index (χ0v) is 12.5. The van der Waals surface area contributed by atoms with Crippen LogP contribution >= 0.6 is 0 Å². The first-order valence-electron chi connectivity index (χ1n) is 6.41. The third-order valence-electron chi connectivity index (χ3n) is 2.91. The van der Waals surface area contributed by atoms with E-state index in [1.807, 2.05) is 18.2 Å². The lowest BCUT2D eigenvalue weighted by molar-refractivity contribution is 0.144. The van der Waals surface area contributed by atoms with E-state index in [1.54, 1.807) is 14.0 Å². The lowest BCUT2D eigenvalue weighted by Crippen LogP contribution is -2.46. The molecule has 1 unspecified atom stereocenters. The van der Waals surface area contributed by atoms with Crippen LogP contribution in [0.3, 0.4) is 0 Å². The van der Waals surface area contributed by atoms with Crippen molar-refractivity contribution in [3.8, 4) is 11.5 Å². The fraction of sp³-hybridized carbons (Fsp3) is 0.600. The third-order valence-corrected chi connectivity index (χ3v) is 2.91. The molecule has 0 aliphatic rings. The Morgan fingerprint density at radius 2 is 1.84 bits per heavy atom. The zero-order valence-electron chi connectivity index (χ0n) is 12.5. The summed E-state index contributed by atoms with van der Waals surface area (Å²) < 4.78 is 11.0. The molecule has 108 valence electrons. The Labute approximate surface area is 115 Å². The van der Waals surface area contributed by atoms with Gasteiger partial charge in [0, 0.05) is 5.56 Å². The molecule has 0 bridgehead atoms. The minimum absolute atomic E-state index is 0.0614. The van der Waals surface area contributed by atoms with Gasteiger partial charge in [0.05, 0.1) is 19.3 Å². The molecule has 0 aromatic heterocycles. The van der Waals surface area contributed by atoms with Crippen LogP contribution in [0, 0.1) is 0 Å². The van der Waals surface area contributed by atoms with Crippen LogP contribution in [0.15, 0.2) is 18.2 Å². The van der Waals surface area contributed by atoms with Crippen LogP contribution in [0.25, 0.3) is 0 Å². The number of methoxy groups -OCH3 is 1. The predicted molar refractivity (Wildman–Crippen MR) is 76.9 cm³/mol. The van der Waals surface area contributed by atoms with Crippen molar-refractivity contribution in [3.63, 3.8) is 0 Å². The van der Waals surface area contributed by atoms with E-state index >= 15 is 0 Å². The van der Waals surface area contributed by atoms with E-state index in [4.69, 9.17) is 20.3 Å². The van der Waals surface area contributed by atoms with Crippen LogP contribution in [0.1, 0.15) is 33.3 Å². The highest BCUT2D eigenvalue weighted by atomic mass is 16.5. The first-order valence-corrected chi connectivity index (χ1v) is 6.41. The maximum absolute atomic E-state index is 9.16. The van der Waals surface area contributed by atoms with Gasteiger partial charge in [-0.15, -0.1) is 0 Å². The fourth-order valence-electron chi connectivity index (χ4n) is 1.64. The number of aliphatic hydroxyl groups excluding tert-OH is 1. The van der Waals surface area contributed by atoms with Gasteiger partial charge < -0.3 is 20.3 Å². The van der Waals surface area contributed by atoms with E-state index in [0.29, 0.717) is 0 Å². The van der Waals surface area contributed by atoms with E-state index < -0.39 is 5.54 Å². The van der Waals surface area contributed by atoms with Gasteiger partial charge >= 0.3 is 0 Å². The lowest BCUT2D eigenvalue weighted by atomic mass is 9.86. The number of benzene rings is 1. The quantitative estimate of drug-likeness (QED) is 0.857. The number of ether oxygens (including phenoxy) is 2. The first kappa shape index (κ1) is 15.8. The highest BCUT2D eigenvalue weighted by Gasteiger charge is 2.23. The number of rotatable bonds is 5. The van der Waals surface area contributed by atoms with Crippen LogP contribution in [0.2, 0.25) is 0 Å². The molecule has 4 heteroatoms. The molecule has 4 nitrogen and oxygen atoms in total. The van der Waals surface area contributed by atoms with Crippen LogP contribution in [0.4, 0.5) is 0 Å². The van der Waals surface area contributed by atoms with Crippen LogP contribution in [-0.2, 0) is 5.41 Å². The Bertz CT molecular complexity index is 422. The Kier molecular flexibility index (Phi) is 4.82. The van der Waals surface area contributed by atoms with Crippen molar-refractivity contribution >= 4 is 0 Å². The Balaban J connectivity index is 3.00. The summed E-state index contributed by atoms with van der Waals surface area (Å²) in [6.07, 6.45) is 0. The molecule has 0 heterocycles. The summed E-state index contributed by atoms with van der Waals surface area (Å²) in [5, 5.41) is 9.16. The van der Waals surface area contributed by atoms with Gasteiger partial charge in [0.15, 0.2) is 0 Å². The normalized spacial score (nSPS) is 14.9. The molecule has 1 rings (SSSR count). The Morgan fingerprint density at radius 3 is 2.32 bits per heavy atom. The average Bonchev–Trinajstić information content (AvgIpc) is 2.35. The summed E-state index contributed by atoms with van der Waals surface area (Å²) in [5.41, 5.74) is 6.13. The second-order valence-electron chi connectivity index (χ2n) is 6.21. The molecule has 3 N–H and O–H groups in total. The molecule has 1 atom stereocenters. The average molecular weight is 267 g/mol. The predicted octanol–water partition coefficient (Wildman–Crippen LogP) is 2.08. The van der Waals surface area contributed by atoms with Gasteiger partial charge in [-0.2, -0.15) is 0 Å². The summed E-state index contributed by atoms with van der Waals surface area (Å²) in [6, 6.07) is 5.71. The van der Waals surface area contributed by atoms with Gasteiger partial charge in [0.1, 0.15) is 18.1 Å². The topological polar surface area (TPSA) is 64.7 Å². The van der Waals surface area contributed by atoms with Crippen molar-refractivity contribution in [1.29, 1.82) is 0 Å². The van der Waals surface area contributed by atoms with Gasteiger partial charge in [0.2, 0.25) is 0 Å². The standard InChI is InChI=1S/C15H25NO3/c1-14(2,3)12-8-11(18-5)6-7-13(12)19-10-15(4,16)9-17/h6-8,17H,9-10,16H2,1-5H3. The molecule has 0 fully saturated rings. The molecule has 0 spiro atoms. The van der Waals surface area contributed by atoms with E-state index in [2.05, 4.69) is 20.8 Å². The molecule has 19 heavy (non-hydrogen) atoms. The SMILES string of the molecule is COc1ccc(OCC(C)(N)CO)c(C(C)(C)C)c1. The van der Waals surface area contributed by atoms with Gasteiger partial charge in [0.25, 0.3) is 0 Å². The summed E-state index contributed by atoms with van der Waals surface area (Å²) in [6.45, 7) is 8.24. The van der Waals surface area contributed by atoms with E-state index in [0.717, 1.165) is 17.1 Å². The largest absolute Gasteiger partial charge is 0.497 e. The molecular weight excluding hydrogens is 242 g/mol. The lowest BCUT2D eigenvalue weighted by Gasteiger charge is -2.27. The van der Waals surface area contributed by atoms with Crippen molar-refractivity contribution in [2.45, 2.75) is 38.6 Å². The molecule has 1 aromatic rings. The minimum Gasteiger partial charge on any atom is -0.497 e. The van der Waals surface area contributed by atoms with Gasteiger partial charge in [-0.05, 0) is 30.5 Å². The number of aliphatic hydroxyl groups is 1. The second-order valence-corrected chi connectivity index (χ2v) is 6.21. The van der Waals surface area contributed by atoms with Crippen molar-refractivity contribution in [3.05, 3.63) is 23.8 Å². The summed E-state index contributed by atoms with van der Waals surface area (Å²) in [4.78, 5) is 0. The maximum Gasteiger partial charge on any atom is 0.123 e. The highest BCUT2D eigenvalue weighted by molar-refractivity contribution is 5.44. The van der Waals surface area contributed by atoms with Gasteiger partial charge in [-0.1, -0.05) is 20.8 Å². The molecule has 0 amide bonds. The molecule has 0 aliphatic heterocycles. The second kappa shape index (κ2) is 5.80. The number of nitrogens with two attached hydrogens (primary N) is 1. The van der Waals surface area contributed by atoms with Gasteiger partial charge in [-0.3, -0.25) is 0 Å². The monoisotopic (exact) mass is 267 g/mol. The molecule has 1 aromatic carbocycles. The molecule has 0 radical (unpaired) electrons. The summed E-state index contributed by atoms with van der Waals surface area (Å²) in [5.74, 6) is 1.58. The third kappa shape index (κ3) is 4.40. The number of hydrogen-bond donors (Lipinski definition) is 2. The Morgan fingerprint density at radius 1 is 1.21 bits per heavy atom. The maximum atomic E-state index is 9.16. The molecular formula is C15H25NO3. The first-order chi connectivity index (χ1) is 8.69. The van der Waals surface area contributed by atoms with Crippen LogP contribution < -0.4 is 15.2 Å². The molecule has 0 saturated heterocycles. The van der Waals surface area contributed by atoms with Crippen LogP contribution in [0.5, 0.6) is 11.5 Å². The smallest absolute Gasteiger partial charge is 0.123 e. The highest BCUT2D eigenvalue weighted by Crippen LogP contribution is 2.34. The minimum atomic E-state index is -0.741. The summed E-state index contributed by atoms with van der Waals surface area (Å²) >= 11 is 0. The number of hydrogen-bond acceptors (Lipinski definition) is 4. The van der Waals surface area contributed by atoms with Crippen molar-refractivity contribution in [2.75, 3.05) is 20.3 Å². The van der Waals surface area contributed by atoms with E-state index in [9.17, 15) is 0 Å². The molecule has 0 aliphatic carbocycles. The fourth-order valence-corrected chi connectivity index (χ4v) is 1.64. The van der Waals surface area contributed by atoms with Crippen molar-refractivity contribution in [2.24, 2.45) is 5.73 Å². The van der Waals surface area contributed by atoms with Gasteiger partial charge in [-0.25, -0.2) is 0 Å². The van der Waals surface area contributed by atoms with Crippen molar-refractivity contribution < 1.29 is 14.6 Å². The summed E-state index contributed by atoms with van der Waals surface area (Å²) in [7, 11) is 1.64. The Hall–Kier alpha value is -1.26.